The quantitative estimate of drug-likeness (QED) is 0.422. The molecule has 1 aromatic heterocycles. The number of hydrogen-bond donors (Lipinski definition) is 2. The summed E-state index contributed by atoms with van der Waals surface area (Å²) in [5.41, 5.74) is 2.79. The van der Waals surface area contributed by atoms with Crippen molar-refractivity contribution >= 4 is 5.91 Å². The summed E-state index contributed by atoms with van der Waals surface area (Å²) < 4.78 is 14.5. The predicted octanol–water partition coefficient (Wildman–Crippen LogP) is 2.36. The largest absolute Gasteiger partial charge is 0.491 e. The lowest BCUT2D eigenvalue weighted by Crippen LogP contribution is -2.47. The topological polar surface area (TPSA) is 89.8 Å². The molecule has 0 bridgehead atoms. The van der Waals surface area contributed by atoms with Crippen LogP contribution in [0.15, 0.2) is 59.4 Å². The first-order valence-electron chi connectivity index (χ1n) is 13.5. The predicted molar refractivity (Wildman–Crippen MR) is 147 cm³/mol. The highest BCUT2D eigenvalue weighted by molar-refractivity contribution is 5.99. The maximum Gasteiger partial charge on any atom is 0.329 e. The van der Waals surface area contributed by atoms with Crippen molar-refractivity contribution < 1.29 is 14.3 Å². The molecule has 2 aliphatic rings. The summed E-state index contributed by atoms with van der Waals surface area (Å²) in [6.07, 6.45) is 1.87. The van der Waals surface area contributed by atoms with Crippen molar-refractivity contribution in [3.63, 3.8) is 0 Å². The van der Waals surface area contributed by atoms with Crippen molar-refractivity contribution in [2.45, 2.75) is 25.4 Å². The Hall–Kier alpha value is -3.40. The summed E-state index contributed by atoms with van der Waals surface area (Å²) in [7, 11) is 1.64. The molecule has 202 valence electrons. The maximum absolute atomic E-state index is 14.2. The van der Waals surface area contributed by atoms with Crippen LogP contribution in [0.1, 0.15) is 34.9 Å². The summed E-state index contributed by atoms with van der Waals surface area (Å²) in [6, 6.07) is 17.5. The average Bonchev–Trinajstić information content (AvgIpc) is 3.26. The summed E-state index contributed by atoms with van der Waals surface area (Å²) in [5, 5.41) is 6.76. The zero-order chi connectivity index (χ0) is 26.3. The average molecular weight is 520 g/mol. The molecule has 2 fully saturated rings. The van der Waals surface area contributed by atoms with E-state index in [1.54, 1.807) is 11.7 Å². The Morgan fingerprint density at radius 1 is 1.00 bits per heavy atom. The molecule has 0 radical (unpaired) electrons. The van der Waals surface area contributed by atoms with Crippen LogP contribution >= 0.6 is 0 Å². The standard InChI is InChI=1S/C29H37N5O4/c1-37-17-18-38-25-11-5-7-22(19-25)21-33-27(28(35)32-15-13-30-14-16-32)26(23-8-3-2-4-9-23)34(29(33)36)24-10-6-12-31-20-24/h2-5,7-9,11,19,24,30-31H,6,10,12-18,20-21H2,1H3. The van der Waals surface area contributed by atoms with Crippen LogP contribution < -0.4 is 21.1 Å². The van der Waals surface area contributed by atoms with Crippen molar-refractivity contribution in [1.82, 2.24) is 24.7 Å². The Kier molecular flexibility index (Phi) is 8.58. The van der Waals surface area contributed by atoms with Crippen LogP contribution in [0.25, 0.3) is 11.3 Å². The normalized spacial score (nSPS) is 17.9. The van der Waals surface area contributed by atoms with E-state index in [1.165, 1.54) is 0 Å². The fourth-order valence-electron chi connectivity index (χ4n) is 5.37. The van der Waals surface area contributed by atoms with Gasteiger partial charge in [-0.3, -0.25) is 13.9 Å². The molecule has 2 aliphatic heterocycles. The van der Waals surface area contributed by atoms with Crippen LogP contribution in [0.4, 0.5) is 0 Å². The minimum Gasteiger partial charge on any atom is -0.491 e. The molecule has 9 heteroatoms. The molecule has 9 nitrogen and oxygen atoms in total. The molecule has 0 aliphatic carbocycles. The van der Waals surface area contributed by atoms with Gasteiger partial charge in [0.05, 0.1) is 24.9 Å². The number of benzene rings is 2. The van der Waals surface area contributed by atoms with Crippen molar-refractivity contribution in [3.05, 3.63) is 76.3 Å². The molecule has 5 rings (SSSR count). The molecule has 3 aromatic rings. The van der Waals surface area contributed by atoms with Gasteiger partial charge in [0.1, 0.15) is 18.1 Å². The first-order valence-corrected chi connectivity index (χ1v) is 13.5. The van der Waals surface area contributed by atoms with E-state index in [0.29, 0.717) is 50.0 Å². The van der Waals surface area contributed by atoms with Gasteiger partial charge in [0, 0.05) is 45.4 Å². The lowest BCUT2D eigenvalue weighted by atomic mass is 10.0. The Morgan fingerprint density at radius 2 is 1.82 bits per heavy atom. The second kappa shape index (κ2) is 12.4. The summed E-state index contributed by atoms with van der Waals surface area (Å²) in [6.45, 7) is 5.56. The number of rotatable bonds is 9. The van der Waals surface area contributed by atoms with Crippen LogP contribution in [-0.2, 0) is 11.3 Å². The molecule has 1 unspecified atom stereocenters. The van der Waals surface area contributed by atoms with Gasteiger partial charge >= 0.3 is 5.69 Å². The molecule has 2 saturated heterocycles. The Balaban J connectivity index is 1.63. The number of carbonyl (C=O) groups is 1. The number of methoxy groups -OCH3 is 1. The third-order valence-corrected chi connectivity index (χ3v) is 7.26. The minimum atomic E-state index is -0.151. The van der Waals surface area contributed by atoms with Crippen molar-refractivity contribution in [1.29, 1.82) is 0 Å². The van der Waals surface area contributed by atoms with E-state index in [1.807, 2.05) is 64.1 Å². The molecule has 3 heterocycles. The minimum absolute atomic E-state index is 0.0222. The lowest BCUT2D eigenvalue weighted by molar-refractivity contribution is 0.0725. The van der Waals surface area contributed by atoms with Crippen LogP contribution in [0, 0.1) is 0 Å². The van der Waals surface area contributed by atoms with E-state index >= 15 is 0 Å². The third kappa shape index (κ3) is 5.70. The van der Waals surface area contributed by atoms with Gasteiger partial charge in [-0.05, 0) is 37.1 Å². The van der Waals surface area contributed by atoms with Gasteiger partial charge in [0.2, 0.25) is 0 Å². The molecule has 0 spiro atoms. The number of hydrogen-bond acceptors (Lipinski definition) is 6. The highest BCUT2D eigenvalue weighted by Gasteiger charge is 2.33. The molecule has 2 N–H and O–H groups in total. The van der Waals surface area contributed by atoms with Gasteiger partial charge in [-0.1, -0.05) is 42.5 Å². The summed E-state index contributed by atoms with van der Waals surface area (Å²) in [4.78, 5) is 30.3. The zero-order valence-corrected chi connectivity index (χ0v) is 22.0. The smallest absolute Gasteiger partial charge is 0.329 e. The summed E-state index contributed by atoms with van der Waals surface area (Å²) >= 11 is 0. The fourth-order valence-corrected chi connectivity index (χ4v) is 5.37. The number of ether oxygens (including phenoxy) is 2. The second-order valence-electron chi connectivity index (χ2n) is 9.83. The van der Waals surface area contributed by atoms with E-state index in [2.05, 4.69) is 10.6 Å². The van der Waals surface area contributed by atoms with Crippen molar-refractivity contribution in [3.8, 4) is 17.0 Å². The van der Waals surface area contributed by atoms with Crippen LogP contribution in [0.3, 0.4) is 0 Å². The number of aromatic nitrogens is 2. The lowest BCUT2D eigenvalue weighted by Gasteiger charge is -2.28. The number of carbonyl (C=O) groups excluding carboxylic acids is 1. The first-order chi connectivity index (χ1) is 18.7. The van der Waals surface area contributed by atoms with E-state index in [-0.39, 0.29) is 24.2 Å². The van der Waals surface area contributed by atoms with E-state index in [4.69, 9.17) is 9.47 Å². The fraction of sp³-hybridized carbons (Fsp3) is 0.448. The SMILES string of the molecule is COCCOc1cccc(Cn2c(C(=O)N3CCNCC3)c(-c3ccccc3)n(C3CCCNC3)c2=O)c1. The number of amides is 1. The van der Waals surface area contributed by atoms with Gasteiger partial charge in [-0.25, -0.2) is 4.79 Å². The third-order valence-electron chi connectivity index (χ3n) is 7.26. The molecular formula is C29H37N5O4. The second-order valence-corrected chi connectivity index (χ2v) is 9.83. The molecule has 1 amide bonds. The number of piperidine rings is 1. The first kappa shape index (κ1) is 26.2. The van der Waals surface area contributed by atoms with Gasteiger partial charge in [0.15, 0.2) is 0 Å². The number of nitrogens with zero attached hydrogens (tertiary/aromatic N) is 3. The highest BCUT2D eigenvalue weighted by Crippen LogP contribution is 2.30. The Morgan fingerprint density at radius 3 is 2.55 bits per heavy atom. The number of piperazine rings is 1. The van der Waals surface area contributed by atoms with Crippen LogP contribution in [0.2, 0.25) is 0 Å². The zero-order valence-electron chi connectivity index (χ0n) is 22.0. The van der Waals surface area contributed by atoms with Crippen LogP contribution in [0.5, 0.6) is 5.75 Å². The van der Waals surface area contributed by atoms with Crippen molar-refractivity contribution in [2.75, 3.05) is 59.6 Å². The maximum atomic E-state index is 14.2. The van der Waals surface area contributed by atoms with E-state index < -0.39 is 0 Å². The van der Waals surface area contributed by atoms with Crippen LogP contribution in [-0.4, -0.2) is 79.5 Å². The van der Waals surface area contributed by atoms with Gasteiger partial charge in [-0.2, -0.15) is 0 Å². The molecular weight excluding hydrogens is 482 g/mol. The van der Waals surface area contributed by atoms with E-state index in [9.17, 15) is 9.59 Å². The van der Waals surface area contributed by atoms with Gasteiger partial charge in [0.25, 0.3) is 5.91 Å². The van der Waals surface area contributed by atoms with E-state index in [0.717, 1.165) is 43.6 Å². The molecule has 0 saturated carbocycles. The van der Waals surface area contributed by atoms with Gasteiger partial charge in [-0.15, -0.1) is 0 Å². The molecule has 1 atom stereocenters. The van der Waals surface area contributed by atoms with Crippen molar-refractivity contribution in [2.24, 2.45) is 0 Å². The highest BCUT2D eigenvalue weighted by atomic mass is 16.5. The Labute approximate surface area is 223 Å². The molecule has 38 heavy (non-hydrogen) atoms. The monoisotopic (exact) mass is 519 g/mol. The number of nitrogens with one attached hydrogen (secondary N) is 2. The molecule has 2 aromatic carbocycles. The van der Waals surface area contributed by atoms with Gasteiger partial charge < -0.3 is 25.0 Å². The number of imidazole rings is 1. The summed E-state index contributed by atoms with van der Waals surface area (Å²) in [5.74, 6) is 0.610. The Bertz CT molecular complexity index is 1270.